The number of hydroxylamine groups is 2. The van der Waals surface area contributed by atoms with Gasteiger partial charge in [-0.1, -0.05) is 0 Å². The molecular weight excluding hydrogens is 482 g/mol. The Morgan fingerprint density at radius 1 is 1.24 bits per heavy atom. The molecule has 4 aromatic heterocycles. The molecule has 1 saturated carbocycles. The van der Waals surface area contributed by atoms with Gasteiger partial charge in [-0.25, -0.2) is 10.0 Å². The van der Waals surface area contributed by atoms with Crippen molar-refractivity contribution in [2.45, 2.75) is 32.6 Å². The Morgan fingerprint density at radius 3 is 2.66 bits per heavy atom. The lowest BCUT2D eigenvalue weighted by Gasteiger charge is -2.16. The van der Waals surface area contributed by atoms with Gasteiger partial charge in [0.1, 0.15) is 17.3 Å². The van der Waals surface area contributed by atoms with Gasteiger partial charge in [0.25, 0.3) is 5.91 Å². The maximum Gasteiger partial charge on any atom is 0.294 e. The monoisotopic (exact) mass is 513 g/mol. The topological polar surface area (TPSA) is 118 Å². The number of anilines is 2. The van der Waals surface area contributed by atoms with Crippen molar-refractivity contribution in [3.63, 3.8) is 0 Å². The molecule has 4 aromatic rings. The van der Waals surface area contributed by atoms with E-state index in [1.54, 1.807) is 32.6 Å². The molecule has 1 aliphatic rings. The summed E-state index contributed by atoms with van der Waals surface area (Å²) >= 11 is 0. The third-order valence-corrected chi connectivity index (χ3v) is 7.11. The summed E-state index contributed by atoms with van der Waals surface area (Å²) in [5.74, 6) is 1.43. The highest BCUT2D eigenvalue weighted by molar-refractivity contribution is 6.03. The van der Waals surface area contributed by atoms with Gasteiger partial charge in [0, 0.05) is 61.3 Å². The Morgan fingerprint density at radius 2 is 2.00 bits per heavy atom. The Labute approximate surface area is 221 Å². The van der Waals surface area contributed by atoms with Crippen LogP contribution in [0.15, 0.2) is 30.6 Å². The molecule has 0 aromatic carbocycles. The molecule has 4 heterocycles. The summed E-state index contributed by atoms with van der Waals surface area (Å²) in [4.78, 5) is 32.3. The summed E-state index contributed by atoms with van der Waals surface area (Å²) < 4.78 is 7.43. The SMILES string of the molecule is COc1ccncc1-c1cc(Nc2cc3c(c(C4CC4)n2)c(C)c(C(=O)N(C)OC)n3C)c(C=N)c(C)n1. The van der Waals surface area contributed by atoms with Crippen molar-refractivity contribution in [3.8, 4) is 17.0 Å². The van der Waals surface area contributed by atoms with Crippen molar-refractivity contribution in [2.24, 2.45) is 7.05 Å². The molecule has 10 nitrogen and oxygen atoms in total. The molecule has 0 aliphatic heterocycles. The standard InChI is InChI=1S/C28H31N7O3/c1-15-25-22(34(3)27(15)28(36)35(4)38-6)12-24(33-26(25)17-7-8-17)32-20-11-21(31-16(2)18(20)13-29)19-14-30-10-9-23(19)37-5/h9-14,17,29H,7-8H2,1-6H3,(H,31,32,33). The van der Waals surface area contributed by atoms with E-state index in [2.05, 4.69) is 10.3 Å². The van der Waals surface area contributed by atoms with Gasteiger partial charge in [-0.2, -0.15) is 0 Å². The molecule has 1 amide bonds. The fraction of sp³-hybridized carbons (Fsp3) is 0.321. The van der Waals surface area contributed by atoms with E-state index in [0.29, 0.717) is 45.8 Å². The van der Waals surface area contributed by atoms with Gasteiger partial charge < -0.3 is 20.0 Å². The highest BCUT2D eigenvalue weighted by Gasteiger charge is 2.32. The first-order valence-electron chi connectivity index (χ1n) is 12.4. The summed E-state index contributed by atoms with van der Waals surface area (Å²) in [6.45, 7) is 3.83. The lowest BCUT2D eigenvalue weighted by Crippen LogP contribution is -2.27. The van der Waals surface area contributed by atoms with Crippen molar-refractivity contribution < 1.29 is 14.4 Å². The number of hydrogen-bond acceptors (Lipinski definition) is 8. The molecule has 10 heteroatoms. The molecule has 1 fully saturated rings. The Hall–Kier alpha value is -4.31. The Bertz CT molecular complexity index is 1570. The van der Waals surface area contributed by atoms with E-state index in [4.69, 9.17) is 25.0 Å². The van der Waals surface area contributed by atoms with E-state index in [9.17, 15) is 4.79 Å². The second-order valence-electron chi connectivity index (χ2n) is 9.48. The quantitative estimate of drug-likeness (QED) is 0.254. The number of aryl methyl sites for hydroxylation is 3. The summed E-state index contributed by atoms with van der Waals surface area (Å²) in [5.41, 5.74) is 6.83. The largest absolute Gasteiger partial charge is 0.496 e. The van der Waals surface area contributed by atoms with Crippen LogP contribution in [-0.4, -0.2) is 58.0 Å². The molecule has 5 rings (SSSR count). The zero-order valence-electron chi connectivity index (χ0n) is 22.4. The summed E-state index contributed by atoms with van der Waals surface area (Å²) in [7, 11) is 6.58. The number of nitrogens with zero attached hydrogens (tertiary/aromatic N) is 5. The zero-order valence-corrected chi connectivity index (χ0v) is 22.4. The maximum atomic E-state index is 13.1. The van der Waals surface area contributed by atoms with Gasteiger partial charge in [-0.3, -0.25) is 19.6 Å². The first-order valence-corrected chi connectivity index (χ1v) is 12.4. The maximum absolute atomic E-state index is 13.1. The number of fused-ring (bicyclic) bond motifs is 1. The van der Waals surface area contributed by atoms with Crippen molar-refractivity contribution in [1.29, 1.82) is 5.41 Å². The Kier molecular flexibility index (Phi) is 6.58. The van der Waals surface area contributed by atoms with Crippen LogP contribution in [0.3, 0.4) is 0 Å². The average Bonchev–Trinajstić information content (AvgIpc) is 3.74. The van der Waals surface area contributed by atoms with E-state index >= 15 is 0 Å². The molecule has 0 bridgehead atoms. The minimum atomic E-state index is -0.217. The average molecular weight is 514 g/mol. The van der Waals surface area contributed by atoms with Gasteiger partial charge in [0.05, 0.1) is 42.4 Å². The molecule has 196 valence electrons. The van der Waals surface area contributed by atoms with Gasteiger partial charge in [-0.15, -0.1) is 0 Å². The first-order chi connectivity index (χ1) is 18.3. The number of carbonyl (C=O) groups is 1. The van der Waals surface area contributed by atoms with Crippen molar-refractivity contribution >= 4 is 34.5 Å². The highest BCUT2D eigenvalue weighted by Crippen LogP contribution is 2.45. The van der Waals surface area contributed by atoms with Crippen LogP contribution in [0.1, 0.15) is 51.8 Å². The van der Waals surface area contributed by atoms with Crippen LogP contribution in [0.25, 0.3) is 22.2 Å². The van der Waals surface area contributed by atoms with Crippen molar-refractivity contribution in [1.82, 2.24) is 24.6 Å². The van der Waals surface area contributed by atoms with Gasteiger partial charge >= 0.3 is 0 Å². The molecule has 0 atom stereocenters. The number of rotatable bonds is 8. The number of aromatic nitrogens is 4. The second-order valence-corrected chi connectivity index (χ2v) is 9.48. The minimum Gasteiger partial charge on any atom is -0.496 e. The molecule has 38 heavy (non-hydrogen) atoms. The number of nitrogens with one attached hydrogen (secondary N) is 2. The van der Waals surface area contributed by atoms with Crippen LogP contribution >= 0.6 is 0 Å². The number of pyridine rings is 3. The molecule has 0 spiro atoms. The third-order valence-electron chi connectivity index (χ3n) is 7.11. The third kappa shape index (κ3) is 4.26. The highest BCUT2D eigenvalue weighted by atomic mass is 16.7. The smallest absolute Gasteiger partial charge is 0.294 e. The van der Waals surface area contributed by atoms with Crippen LogP contribution in [0.2, 0.25) is 0 Å². The fourth-order valence-electron chi connectivity index (χ4n) is 4.94. The number of hydrogen-bond donors (Lipinski definition) is 2. The molecule has 0 saturated heterocycles. The van der Waals surface area contributed by atoms with E-state index in [0.717, 1.165) is 40.6 Å². The zero-order chi connectivity index (χ0) is 27.1. The lowest BCUT2D eigenvalue weighted by molar-refractivity contribution is -0.0762. The van der Waals surface area contributed by atoms with Gasteiger partial charge in [-0.05, 0) is 44.4 Å². The number of carbonyl (C=O) groups excluding carboxylic acids is 1. The molecule has 0 radical (unpaired) electrons. The van der Waals surface area contributed by atoms with Gasteiger partial charge in [0.2, 0.25) is 0 Å². The fourth-order valence-corrected chi connectivity index (χ4v) is 4.94. The normalized spacial score (nSPS) is 13.0. The van der Waals surface area contributed by atoms with E-state index in [1.165, 1.54) is 18.4 Å². The molecular formula is C28H31N7O3. The minimum absolute atomic E-state index is 0.217. The predicted molar refractivity (Wildman–Crippen MR) is 146 cm³/mol. The molecule has 1 aliphatic carbocycles. The van der Waals surface area contributed by atoms with Crippen LogP contribution in [0.4, 0.5) is 11.5 Å². The van der Waals surface area contributed by atoms with Crippen LogP contribution in [0, 0.1) is 19.3 Å². The van der Waals surface area contributed by atoms with E-state index in [-0.39, 0.29) is 5.91 Å². The molecule has 2 N–H and O–H groups in total. The number of methoxy groups -OCH3 is 1. The van der Waals surface area contributed by atoms with Crippen molar-refractivity contribution in [3.05, 3.63) is 58.8 Å². The van der Waals surface area contributed by atoms with Crippen LogP contribution in [0.5, 0.6) is 5.75 Å². The van der Waals surface area contributed by atoms with Crippen LogP contribution < -0.4 is 10.1 Å². The summed E-state index contributed by atoms with van der Waals surface area (Å²) in [6, 6.07) is 5.62. The summed E-state index contributed by atoms with van der Waals surface area (Å²) in [6.07, 6.45) is 6.80. The first kappa shape index (κ1) is 25.3. The predicted octanol–water partition coefficient (Wildman–Crippen LogP) is 4.91. The molecule has 0 unspecified atom stereocenters. The van der Waals surface area contributed by atoms with Gasteiger partial charge in [0.15, 0.2) is 0 Å². The van der Waals surface area contributed by atoms with E-state index in [1.807, 2.05) is 37.6 Å². The number of amides is 1. The van der Waals surface area contributed by atoms with Crippen molar-refractivity contribution in [2.75, 3.05) is 26.6 Å². The second kappa shape index (κ2) is 9.86. The summed E-state index contributed by atoms with van der Waals surface area (Å²) in [5, 5.41) is 13.7. The lowest BCUT2D eigenvalue weighted by atomic mass is 10.1. The Balaban J connectivity index is 1.66. The number of ether oxygens (including phenoxy) is 1. The van der Waals surface area contributed by atoms with Crippen LogP contribution in [-0.2, 0) is 11.9 Å². The van der Waals surface area contributed by atoms with E-state index < -0.39 is 0 Å².